The number of nitrogens with zero attached hydrogens (tertiary/aromatic N) is 4. The fourth-order valence-corrected chi connectivity index (χ4v) is 2.82. The van der Waals surface area contributed by atoms with Crippen LogP contribution < -0.4 is 0 Å². The van der Waals surface area contributed by atoms with E-state index in [1.807, 2.05) is 36.5 Å². The Morgan fingerprint density at radius 2 is 1.86 bits per heavy atom. The average molecular weight is 409 g/mol. The van der Waals surface area contributed by atoms with Gasteiger partial charge in [-0.05, 0) is 48.4 Å². The maximum atomic E-state index is 12.0. The molecule has 0 bridgehead atoms. The zero-order valence-electron chi connectivity index (χ0n) is 15.4. The fourth-order valence-electron chi connectivity index (χ4n) is 2.69. The lowest BCUT2D eigenvalue weighted by atomic mass is 10.2. The minimum Gasteiger partial charge on any atom is -0.456 e. The van der Waals surface area contributed by atoms with Gasteiger partial charge in [-0.25, -0.2) is 4.68 Å². The van der Waals surface area contributed by atoms with Crippen LogP contribution in [0.4, 0.5) is 0 Å². The van der Waals surface area contributed by atoms with E-state index in [-0.39, 0.29) is 24.9 Å². The highest BCUT2D eigenvalue weighted by Crippen LogP contribution is 2.20. The van der Waals surface area contributed by atoms with Gasteiger partial charge in [-0.1, -0.05) is 29.8 Å². The van der Waals surface area contributed by atoms with Gasteiger partial charge in [0.05, 0.1) is 11.9 Å². The van der Waals surface area contributed by atoms with Crippen molar-refractivity contribution in [2.75, 3.05) is 0 Å². The van der Waals surface area contributed by atoms with Gasteiger partial charge in [0.2, 0.25) is 5.89 Å². The van der Waals surface area contributed by atoms with Crippen molar-refractivity contribution in [1.82, 2.24) is 20.0 Å². The molecule has 29 heavy (non-hydrogen) atoms. The predicted molar refractivity (Wildman–Crippen MR) is 106 cm³/mol. The van der Waals surface area contributed by atoms with E-state index >= 15 is 0 Å². The number of carbonyl (C=O) groups excluding carboxylic acids is 1. The summed E-state index contributed by atoms with van der Waals surface area (Å²) in [6, 6.07) is 16.8. The number of para-hydroxylation sites is 1. The summed E-state index contributed by atoms with van der Waals surface area (Å²) in [7, 11) is 0. The zero-order chi connectivity index (χ0) is 20.1. The molecule has 0 unspecified atom stereocenters. The van der Waals surface area contributed by atoms with Gasteiger partial charge < -0.3 is 9.15 Å². The van der Waals surface area contributed by atoms with Gasteiger partial charge >= 0.3 is 5.97 Å². The van der Waals surface area contributed by atoms with E-state index < -0.39 is 0 Å². The summed E-state index contributed by atoms with van der Waals surface area (Å²) in [5.41, 5.74) is 2.66. The highest BCUT2D eigenvalue weighted by molar-refractivity contribution is 6.30. The zero-order valence-corrected chi connectivity index (χ0v) is 16.1. The molecular weight excluding hydrogens is 392 g/mol. The summed E-state index contributed by atoms with van der Waals surface area (Å²) < 4.78 is 12.5. The van der Waals surface area contributed by atoms with Crippen LogP contribution in [0.3, 0.4) is 0 Å². The summed E-state index contributed by atoms with van der Waals surface area (Å²) in [5.74, 6) is 0.241. The smallest absolute Gasteiger partial charge is 0.306 e. The Hall–Kier alpha value is -3.45. The molecule has 0 aliphatic heterocycles. The molecule has 0 spiro atoms. The van der Waals surface area contributed by atoms with Crippen LogP contribution in [0.25, 0.3) is 17.1 Å². The van der Waals surface area contributed by atoms with Crippen molar-refractivity contribution < 1.29 is 13.9 Å². The van der Waals surface area contributed by atoms with Crippen molar-refractivity contribution >= 4 is 17.6 Å². The Bertz CT molecular complexity index is 1090. The molecular formula is C21H17ClN4O3. The van der Waals surface area contributed by atoms with Crippen molar-refractivity contribution in [3.05, 3.63) is 83.5 Å². The third-order valence-corrected chi connectivity index (χ3v) is 4.44. The summed E-state index contributed by atoms with van der Waals surface area (Å²) in [6.45, 7) is -0.0668. The van der Waals surface area contributed by atoms with E-state index in [0.29, 0.717) is 17.3 Å². The fraction of sp³-hybridized carbons (Fsp3) is 0.143. The van der Waals surface area contributed by atoms with Gasteiger partial charge in [0, 0.05) is 23.2 Å². The third-order valence-electron chi connectivity index (χ3n) is 4.19. The van der Waals surface area contributed by atoms with Gasteiger partial charge in [0.1, 0.15) is 0 Å². The monoisotopic (exact) mass is 408 g/mol. The lowest BCUT2D eigenvalue weighted by Crippen LogP contribution is -2.06. The van der Waals surface area contributed by atoms with Crippen LogP contribution in [0, 0.1) is 0 Å². The molecule has 146 valence electrons. The highest BCUT2D eigenvalue weighted by atomic mass is 35.5. The third kappa shape index (κ3) is 4.89. The van der Waals surface area contributed by atoms with Crippen LogP contribution in [0.1, 0.15) is 17.9 Å². The Balaban J connectivity index is 1.27. The Morgan fingerprint density at radius 3 is 2.66 bits per heavy atom. The Morgan fingerprint density at radius 1 is 1.07 bits per heavy atom. The normalized spacial score (nSPS) is 10.8. The molecule has 0 aliphatic rings. The number of hydrogen-bond acceptors (Lipinski definition) is 6. The molecule has 0 aliphatic carbocycles. The minimum absolute atomic E-state index is 0.0668. The van der Waals surface area contributed by atoms with E-state index in [2.05, 4.69) is 15.3 Å². The molecule has 0 amide bonds. The second kappa shape index (κ2) is 8.70. The number of halogens is 1. The van der Waals surface area contributed by atoms with Crippen LogP contribution in [-0.2, 0) is 22.6 Å². The van der Waals surface area contributed by atoms with Crippen LogP contribution in [-0.4, -0.2) is 25.9 Å². The molecule has 0 atom stereocenters. The SMILES string of the molecule is O=C(CCc1cnn(-c2ccccc2)c1)OCc1nnc(-c2ccc(Cl)cc2)o1. The van der Waals surface area contributed by atoms with Crippen LogP contribution in [0.15, 0.2) is 71.4 Å². The number of ether oxygens (including phenoxy) is 1. The van der Waals surface area contributed by atoms with E-state index in [1.165, 1.54) is 0 Å². The first-order valence-corrected chi connectivity index (χ1v) is 9.38. The first-order chi connectivity index (χ1) is 14.2. The molecule has 0 saturated heterocycles. The molecule has 8 heteroatoms. The second-order valence-corrected chi connectivity index (χ2v) is 6.73. The molecule has 2 aromatic carbocycles. The molecule has 4 rings (SSSR count). The molecule has 7 nitrogen and oxygen atoms in total. The molecule has 0 saturated carbocycles. The maximum Gasteiger partial charge on any atom is 0.306 e. The summed E-state index contributed by atoms with van der Waals surface area (Å²) in [6.07, 6.45) is 4.42. The molecule has 0 fully saturated rings. The largest absolute Gasteiger partial charge is 0.456 e. The first-order valence-electron chi connectivity index (χ1n) is 9.00. The van der Waals surface area contributed by atoms with Gasteiger partial charge in [0.25, 0.3) is 5.89 Å². The second-order valence-electron chi connectivity index (χ2n) is 6.30. The van der Waals surface area contributed by atoms with Gasteiger partial charge in [-0.3, -0.25) is 4.79 Å². The number of rotatable bonds is 7. The van der Waals surface area contributed by atoms with Crippen LogP contribution in [0.5, 0.6) is 0 Å². The van der Waals surface area contributed by atoms with Crippen LogP contribution >= 0.6 is 11.6 Å². The topological polar surface area (TPSA) is 83.0 Å². The van der Waals surface area contributed by atoms with Crippen molar-refractivity contribution in [3.63, 3.8) is 0 Å². The van der Waals surface area contributed by atoms with E-state index in [0.717, 1.165) is 16.8 Å². The molecule has 4 aromatic rings. The number of carbonyl (C=O) groups is 1. The average Bonchev–Trinajstić information content (AvgIpc) is 3.42. The van der Waals surface area contributed by atoms with E-state index in [9.17, 15) is 4.79 Å². The molecule has 0 N–H and O–H groups in total. The quantitative estimate of drug-likeness (QED) is 0.425. The summed E-state index contributed by atoms with van der Waals surface area (Å²) >= 11 is 5.87. The number of aromatic nitrogens is 4. The van der Waals surface area contributed by atoms with E-state index in [4.69, 9.17) is 20.8 Å². The predicted octanol–water partition coefficient (Wildman–Crippen LogP) is 4.25. The van der Waals surface area contributed by atoms with Crippen molar-refractivity contribution in [2.45, 2.75) is 19.4 Å². The molecule has 2 aromatic heterocycles. The number of esters is 1. The van der Waals surface area contributed by atoms with Gasteiger partial charge in [-0.2, -0.15) is 5.10 Å². The van der Waals surface area contributed by atoms with Crippen molar-refractivity contribution in [3.8, 4) is 17.1 Å². The van der Waals surface area contributed by atoms with Crippen LogP contribution in [0.2, 0.25) is 5.02 Å². The van der Waals surface area contributed by atoms with Gasteiger partial charge in [-0.15, -0.1) is 10.2 Å². The Kier molecular flexibility index (Phi) is 5.67. The lowest BCUT2D eigenvalue weighted by Gasteiger charge is -2.01. The maximum absolute atomic E-state index is 12.0. The van der Waals surface area contributed by atoms with Crippen molar-refractivity contribution in [1.29, 1.82) is 0 Å². The van der Waals surface area contributed by atoms with E-state index in [1.54, 1.807) is 35.1 Å². The van der Waals surface area contributed by atoms with Gasteiger partial charge in [0.15, 0.2) is 6.61 Å². The first kappa shape index (κ1) is 18.9. The highest BCUT2D eigenvalue weighted by Gasteiger charge is 2.12. The standard InChI is InChI=1S/C21H17ClN4O3/c22-17-9-7-16(8-10-17)21-25-24-19(29-21)14-28-20(27)11-6-15-12-23-26(13-15)18-4-2-1-3-5-18/h1-5,7-10,12-13H,6,11,14H2. The van der Waals surface area contributed by atoms with Crippen molar-refractivity contribution in [2.24, 2.45) is 0 Å². The molecule has 0 radical (unpaired) electrons. The number of benzene rings is 2. The summed E-state index contributed by atoms with van der Waals surface area (Å²) in [5, 5.41) is 12.8. The summed E-state index contributed by atoms with van der Waals surface area (Å²) in [4.78, 5) is 12.0. The Labute approximate surface area is 171 Å². The number of hydrogen-bond donors (Lipinski definition) is 0. The lowest BCUT2D eigenvalue weighted by molar-refractivity contribution is -0.145. The molecule has 2 heterocycles. The number of aryl methyl sites for hydroxylation is 1. The minimum atomic E-state index is -0.344.